The molecule has 2 aromatic carbocycles. The average Bonchev–Trinajstić information content (AvgIpc) is 3.44. The highest BCUT2D eigenvalue weighted by molar-refractivity contribution is 6.30. The van der Waals surface area contributed by atoms with Crippen molar-refractivity contribution in [2.45, 2.75) is 32.1 Å². The van der Waals surface area contributed by atoms with Gasteiger partial charge >= 0.3 is 0 Å². The van der Waals surface area contributed by atoms with Gasteiger partial charge in [-0.05, 0) is 67.6 Å². The first kappa shape index (κ1) is 20.4. The Bertz CT molecular complexity index is 1490. The van der Waals surface area contributed by atoms with E-state index in [4.69, 9.17) is 16.3 Å². The van der Waals surface area contributed by atoms with Crippen LogP contribution in [0, 0.1) is 6.92 Å². The van der Waals surface area contributed by atoms with Crippen LogP contribution < -0.4 is 10.5 Å². The standard InChI is InChI=1S/C24H22ClN5O3/c1-13-10-20-18(12-17(13)24(32)29-7-4-15-11-16(25)2-3-19(15)29)26-23(31)22-28-27-21(30(20)22)14-5-8-33-9-6-14/h2-3,10-12,14H,4-9H2,1H3,(H,26,31). The zero-order valence-electron chi connectivity index (χ0n) is 18.1. The Morgan fingerprint density at radius 2 is 2.00 bits per heavy atom. The minimum absolute atomic E-state index is 0.0928. The van der Waals surface area contributed by atoms with Gasteiger partial charge in [-0.25, -0.2) is 0 Å². The van der Waals surface area contributed by atoms with Crippen molar-refractivity contribution in [3.63, 3.8) is 0 Å². The Kier molecular flexibility index (Phi) is 4.74. The maximum absolute atomic E-state index is 13.5. The van der Waals surface area contributed by atoms with Crippen molar-refractivity contribution in [3.8, 4) is 0 Å². The van der Waals surface area contributed by atoms with E-state index in [2.05, 4.69) is 15.2 Å². The molecule has 8 nitrogen and oxygen atoms in total. The van der Waals surface area contributed by atoms with E-state index in [1.165, 1.54) is 0 Å². The molecule has 6 rings (SSSR count). The van der Waals surface area contributed by atoms with Crippen molar-refractivity contribution in [1.29, 1.82) is 0 Å². The molecule has 2 aromatic heterocycles. The van der Waals surface area contributed by atoms with Gasteiger partial charge in [-0.2, -0.15) is 0 Å². The molecule has 1 fully saturated rings. The Morgan fingerprint density at radius 3 is 2.82 bits per heavy atom. The van der Waals surface area contributed by atoms with Gasteiger partial charge < -0.3 is 14.6 Å². The molecule has 1 saturated heterocycles. The van der Waals surface area contributed by atoms with Crippen molar-refractivity contribution in [1.82, 2.24) is 19.6 Å². The quantitative estimate of drug-likeness (QED) is 0.490. The summed E-state index contributed by atoms with van der Waals surface area (Å²) in [6, 6.07) is 9.32. The van der Waals surface area contributed by atoms with Crippen molar-refractivity contribution in [3.05, 3.63) is 68.2 Å². The fraction of sp³-hybridized carbons (Fsp3) is 0.333. The monoisotopic (exact) mass is 463 g/mol. The molecule has 1 amide bonds. The molecule has 0 atom stereocenters. The Balaban J connectivity index is 1.48. The molecule has 0 saturated carbocycles. The highest BCUT2D eigenvalue weighted by Gasteiger charge is 2.28. The molecule has 2 aliphatic rings. The van der Waals surface area contributed by atoms with E-state index in [0.29, 0.717) is 35.9 Å². The molecule has 2 aliphatic heterocycles. The first-order valence-corrected chi connectivity index (χ1v) is 11.5. The van der Waals surface area contributed by atoms with Gasteiger partial charge in [0, 0.05) is 41.9 Å². The van der Waals surface area contributed by atoms with E-state index in [1.807, 2.05) is 29.5 Å². The summed E-state index contributed by atoms with van der Waals surface area (Å²) in [5.74, 6) is 0.853. The number of hydrogen-bond donors (Lipinski definition) is 1. The molecule has 0 bridgehead atoms. The third kappa shape index (κ3) is 3.24. The van der Waals surface area contributed by atoms with Crippen LogP contribution in [0.15, 0.2) is 35.1 Å². The molecule has 0 aliphatic carbocycles. The van der Waals surface area contributed by atoms with E-state index < -0.39 is 0 Å². The third-order valence-electron chi connectivity index (χ3n) is 6.72. The minimum Gasteiger partial charge on any atom is -0.381 e. The zero-order valence-corrected chi connectivity index (χ0v) is 18.9. The summed E-state index contributed by atoms with van der Waals surface area (Å²) in [6.07, 6.45) is 2.44. The van der Waals surface area contributed by atoms with Crippen LogP contribution in [0.25, 0.3) is 16.7 Å². The average molecular weight is 464 g/mol. The molecular formula is C24H22ClN5O3. The van der Waals surface area contributed by atoms with E-state index in [0.717, 1.165) is 47.4 Å². The molecule has 0 radical (unpaired) electrons. The molecule has 4 aromatic rings. The summed E-state index contributed by atoms with van der Waals surface area (Å²) in [5, 5.41) is 9.20. The highest BCUT2D eigenvalue weighted by atomic mass is 35.5. The van der Waals surface area contributed by atoms with Gasteiger partial charge in [0.25, 0.3) is 11.5 Å². The normalized spacial score (nSPS) is 16.6. The number of H-pyrrole nitrogens is 1. The number of rotatable bonds is 2. The van der Waals surface area contributed by atoms with E-state index >= 15 is 0 Å². The number of carbonyl (C=O) groups is 1. The SMILES string of the molecule is Cc1cc2c(cc1C(=O)N1CCc3cc(Cl)ccc31)[nH]c(=O)c1nnc(C3CCOCC3)n12. The number of ether oxygens (including phenoxy) is 1. The number of fused-ring (bicyclic) bond motifs is 4. The first-order chi connectivity index (χ1) is 16.0. The van der Waals surface area contributed by atoms with Crippen molar-refractivity contribution < 1.29 is 9.53 Å². The summed E-state index contributed by atoms with van der Waals surface area (Å²) in [4.78, 5) is 31.0. The molecule has 0 unspecified atom stereocenters. The lowest BCUT2D eigenvalue weighted by Gasteiger charge is -2.21. The van der Waals surface area contributed by atoms with Crippen LogP contribution >= 0.6 is 11.6 Å². The number of halogens is 1. The fourth-order valence-electron chi connectivity index (χ4n) is 5.01. The van der Waals surface area contributed by atoms with Crippen molar-refractivity contribution >= 4 is 39.9 Å². The maximum atomic E-state index is 13.5. The lowest BCUT2D eigenvalue weighted by Crippen LogP contribution is -2.29. The second-order valence-electron chi connectivity index (χ2n) is 8.72. The predicted molar refractivity (Wildman–Crippen MR) is 125 cm³/mol. The molecule has 33 heavy (non-hydrogen) atoms. The van der Waals surface area contributed by atoms with Crippen LogP contribution in [0.2, 0.25) is 5.02 Å². The Hall–Kier alpha value is -3.23. The highest BCUT2D eigenvalue weighted by Crippen LogP contribution is 2.33. The lowest BCUT2D eigenvalue weighted by molar-refractivity contribution is 0.0834. The fourth-order valence-corrected chi connectivity index (χ4v) is 5.21. The van der Waals surface area contributed by atoms with Gasteiger partial charge in [-0.3, -0.25) is 14.0 Å². The molecule has 168 valence electrons. The van der Waals surface area contributed by atoms with Crippen LogP contribution in [0.1, 0.15) is 46.1 Å². The topological polar surface area (TPSA) is 92.6 Å². The van der Waals surface area contributed by atoms with Crippen LogP contribution in [0.5, 0.6) is 0 Å². The number of aryl methyl sites for hydroxylation is 1. The minimum atomic E-state index is -0.322. The number of amides is 1. The van der Waals surface area contributed by atoms with E-state index in [9.17, 15) is 9.59 Å². The molecule has 4 heterocycles. The van der Waals surface area contributed by atoms with Crippen LogP contribution in [-0.4, -0.2) is 45.2 Å². The van der Waals surface area contributed by atoms with Crippen LogP contribution in [-0.2, 0) is 11.2 Å². The number of nitrogens with zero attached hydrogens (tertiary/aromatic N) is 4. The Labute approximate surface area is 194 Å². The van der Waals surface area contributed by atoms with Gasteiger partial charge in [-0.15, -0.1) is 10.2 Å². The first-order valence-electron chi connectivity index (χ1n) is 11.1. The lowest BCUT2D eigenvalue weighted by atomic mass is 9.99. The number of aromatic nitrogens is 4. The number of carbonyl (C=O) groups excluding carboxylic acids is 1. The predicted octanol–water partition coefficient (Wildman–Crippen LogP) is 3.63. The number of anilines is 1. The van der Waals surface area contributed by atoms with Gasteiger partial charge in [0.05, 0.1) is 11.0 Å². The summed E-state index contributed by atoms with van der Waals surface area (Å²) in [5.41, 5.74) is 4.66. The second-order valence-corrected chi connectivity index (χ2v) is 9.16. The summed E-state index contributed by atoms with van der Waals surface area (Å²) < 4.78 is 7.33. The van der Waals surface area contributed by atoms with Crippen LogP contribution in [0.4, 0.5) is 5.69 Å². The number of benzene rings is 2. The molecule has 0 spiro atoms. The van der Waals surface area contributed by atoms with Crippen LogP contribution in [0.3, 0.4) is 0 Å². The summed E-state index contributed by atoms with van der Waals surface area (Å²) in [6.45, 7) is 3.85. The number of aromatic amines is 1. The number of nitrogens with one attached hydrogen (secondary N) is 1. The van der Waals surface area contributed by atoms with Gasteiger partial charge in [0.15, 0.2) is 0 Å². The molecule has 9 heteroatoms. The summed E-state index contributed by atoms with van der Waals surface area (Å²) in [7, 11) is 0. The smallest absolute Gasteiger partial charge is 0.294 e. The Morgan fingerprint density at radius 1 is 1.18 bits per heavy atom. The van der Waals surface area contributed by atoms with Gasteiger partial charge in [0.2, 0.25) is 5.65 Å². The second kappa shape index (κ2) is 7.67. The zero-order chi connectivity index (χ0) is 22.7. The number of hydrogen-bond acceptors (Lipinski definition) is 5. The van der Waals surface area contributed by atoms with Crippen molar-refractivity contribution in [2.24, 2.45) is 0 Å². The van der Waals surface area contributed by atoms with Gasteiger partial charge in [0.1, 0.15) is 5.82 Å². The maximum Gasteiger partial charge on any atom is 0.294 e. The van der Waals surface area contributed by atoms with E-state index in [-0.39, 0.29) is 23.0 Å². The molecule has 1 N–H and O–H groups in total. The largest absolute Gasteiger partial charge is 0.381 e. The molecular weight excluding hydrogens is 442 g/mol. The van der Waals surface area contributed by atoms with Gasteiger partial charge in [-0.1, -0.05) is 11.6 Å². The third-order valence-corrected chi connectivity index (χ3v) is 6.96. The van der Waals surface area contributed by atoms with Crippen molar-refractivity contribution in [2.75, 3.05) is 24.7 Å². The van der Waals surface area contributed by atoms with E-state index in [1.54, 1.807) is 17.0 Å². The summed E-state index contributed by atoms with van der Waals surface area (Å²) >= 11 is 6.12.